The Kier molecular flexibility index (Phi) is 62.1. The summed E-state index contributed by atoms with van der Waals surface area (Å²) in [5.74, 6) is -0.839. The molecule has 0 aliphatic rings. The largest absolute Gasteiger partial charge is 0.462 e. The molecule has 0 heterocycles. The van der Waals surface area contributed by atoms with Crippen LogP contribution in [0.25, 0.3) is 0 Å². The molecule has 0 aliphatic heterocycles. The molecular weight excluding hydrogens is 913 g/mol. The van der Waals surface area contributed by atoms with Crippen LogP contribution in [0.1, 0.15) is 387 Å². The molecule has 0 saturated carbocycles. The van der Waals surface area contributed by atoms with Gasteiger partial charge >= 0.3 is 17.9 Å². The predicted octanol–water partition coefficient (Wildman–Crippen LogP) is 22.8. The van der Waals surface area contributed by atoms with Crippen molar-refractivity contribution in [2.24, 2.45) is 0 Å². The zero-order valence-corrected chi connectivity index (χ0v) is 50.4. The van der Waals surface area contributed by atoms with Crippen LogP contribution < -0.4 is 0 Å². The summed E-state index contributed by atoms with van der Waals surface area (Å²) in [6, 6.07) is 0. The van der Waals surface area contributed by atoms with Crippen LogP contribution in [0.4, 0.5) is 0 Å². The fourth-order valence-corrected chi connectivity index (χ4v) is 10.4. The molecule has 438 valence electrons. The molecular formula is C68H130O6. The van der Waals surface area contributed by atoms with Crippen LogP contribution >= 0.6 is 0 Å². The highest BCUT2D eigenvalue weighted by molar-refractivity contribution is 5.71. The van der Waals surface area contributed by atoms with Gasteiger partial charge in [-0.3, -0.25) is 14.4 Å². The molecule has 1 unspecified atom stereocenters. The van der Waals surface area contributed by atoms with E-state index in [0.29, 0.717) is 19.3 Å². The average Bonchev–Trinajstić information content (AvgIpc) is 3.40. The minimum absolute atomic E-state index is 0.0626. The Labute approximate surface area is 462 Å². The summed E-state index contributed by atoms with van der Waals surface area (Å²) in [6.07, 6.45) is 75.6. The molecule has 0 amide bonds. The molecule has 0 aliphatic carbocycles. The second kappa shape index (κ2) is 63.7. The van der Waals surface area contributed by atoms with E-state index in [4.69, 9.17) is 14.2 Å². The highest BCUT2D eigenvalue weighted by atomic mass is 16.6. The van der Waals surface area contributed by atoms with Crippen molar-refractivity contribution in [2.75, 3.05) is 13.2 Å². The fourth-order valence-electron chi connectivity index (χ4n) is 10.4. The Bertz CT molecular complexity index is 1150. The van der Waals surface area contributed by atoms with Crippen molar-refractivity contribution in [3.8, 4) is 0 Å². The topological polar surface area (TPSA) is 78.9 Å². The standard InChI is InChI=1S/C68H130O6/c1-4-7-10-13-16-19-21-23-24-25-26-27-28-29-30-31-32-33-34-35-36-37-38-39-40-41-42-43-44-45-47-49-52-55-58-61-67(70)73-64-65(63-72-66(69)60-57-54-51-48-18-15-12-9-6-3)74-68(71)62-59-56-53-50-46-22-20-17-14-11-8-5-2/h25-26,65H,4-24,27-64H2,1-3H3/b26-25-. The third kappa shape index (κ3) is 61.0. The highest BCUT2D eigenvalue weighted by Crippen LogP contribution is 2.19. The first kappa shape index (κ1) is 72.2. The summed E-state index contributed by atoms with van der Waals surface area (Å²) in [5.41, 5.74) is 0. The number of hydrogen-bond acceptors (Lipinski definition) is 6. The number of ether oxygens (including phenoxy) is 3. The lowest BCUT2D eigenvalue weighted by atomic mass is 10.0. The van der Waals surface area contributed by atoms with Gasteiger partial charge in [0.05, 0.1) is 0 Å². The lowest BCUT2D eigenvalue weighted by Gasteiger charge is -2.18. The molecule has 0 N–H and O–H groups in total. The van der Waals surface area contributed by atoms with Gasteiger partial charge in [0.2, 0.25) is 0 Å². The van der Waals surface area contributed by atoms with Crippen LogP contribution in [0.15, 0.2) is 12.2 Å². The molecule has 0 aromatic carbocycles. The second-order valence-corrected chi connectivity index (χ2v) is 23.1. The quantitative estimate of drug-likeness (QED) is 0.0261. The first-order valence-electron chi connectivity index (χ1n) is 33.7. The lowest BCUT2D eigenvalue weighted by molar-refractivity contribution is -0.167. The van der Waals surface area contributed by atoms with E-state index in [1.54, 1.807) is 0 Å². The van der Waals surface area contributed by atoms with Crippen molar-refractivity contribution in [3.05, 3.63) is 12.2 Å². The van der Waals surface area contributed by atoms with E-state index in [1.807, 2.05) is 0 Å². The van der Waals surface area contributed by atoms with E-state index in [2.05, 4.69) is 32.9 Å². The highest BCUT2D eigenvalue weighted by Gasteiger charge is 2.19. The number of esters is 3. The van der Waals surface area contributed by atoms with Gasteiger partial charge in [0.25, 0.3) is 0 Å². The van der Waals surface area contributed by atoms with Crippen molar-refractivity contribution in [2.45, 2.75) is 393 Å². The van der Waals surface area contributed by atoms with Crippen LogP contribution in [0.5, 0.6) is 0 Å². The zero-order valence-electron chi connectivity index (χ0n) is 50.4. The Morgan fingerprint density at radius 3 is 0.676 bits per heavy atom. The number of hydrogen-bond donors (Lipinski definition) is 0. The fraction of sp³-hybridized carbons (Fsp3) is 0.926. The van der Waals surface area contributed by atoms with Gasteiger partial charge in [-0.25, -0.2) is 0 Å². The molecule has 0 bridgehead atoms. The third-order valence-corrected chi connectivity index (χ3v) is 15.5. The van der Waals surface area contributed by atoms with E-state index in [1.165, 1.54) is 289 Å². The van der Waals surface area contributed by atoms with Gasteiger partial charge in [-0.15, -0.1) is 0 Å². The van der Waals surface area contributed by atoms with Gasteiger partial charge in [0.1, 0.15) is 13.2 Å². The van der Waals surface area contributed by atoms with Gasteiger partial charge in [0.15, 0.2) is 6.10 Å². The lowest BCUT2D eigenvalue weighted by Crippen LogP contribution is -2.30. The van der Waals surface area contributed by atoms with Crippen molar-refractivity contribution < 1.29 is 28.6 Å². The average molecular weight is 1040 g/mol. The molecule has 0 fully saturated rings. The molecule has 0 rings (SSSR count). The van der Waals surface area contributed by atoms with Gasteiger partial charge in [0, 0.05) is 19.3 Å². The molecule has 0 radical (unpaired) electrons. The maximum absolute atomic E-state index is 12.8. The zero-order chi connectivity index (χ0) is 53.6. The van der Waals surface area contributed by atoms with Crippen LogP contribution in [0, 0.1) is 0 Å². The second-order valence-electron chi connectivity index (χ2n) is 23.1. The van der Waals surface area contributed by atoms with Crippen LogP contribution in [0.3, 0.4) is 0 Å². The van der Waals surface area contributed by atoms with E-state index in [9.17, 15) is 14.4 Å². The maximum Gasteiger partial charge on any atom is 0.306 e. The van der Waals surface area contributed by atoms with Crippen LogP contribution in [-0.4, -0.2) is 37.2 Å². The van der Waals surface area contributed by atoms with Gasteiger partial charge in [-0.05, 0) is 44.9 Å². The Balaban J connectivity index is 3.89. The molecule has 1 atom stereocenters. The van der Waals surface area contributed by atoms with E-state index in [0.717, 1.165) is 57.8 Å². The minimum atomic E-state index is -0.761. The Morgan fingerprint density at radius 2 is 0.446 bits per heavy atom. The van der Waals surface area contributed by atoms with Crippen LogP contribution in [0.2, 0.25) is 0 Å². The smallest absolute Gasteiger partial charge is 0.306 e. The molecule has 0 saturated heterocycles. The number of carbonyl (C=O) groups is 3. The van der Waals surface area contributed by atoms with E-state index < -0.39 is 6.10 Å². The van der Waals surface area contributed by atoms with Crippen molar-refractivity contribution in [3.63, 3.8) is 0 Å². The van der Waals surface area contributed by atoms with Gasteiger partial charge in [-0.2, -0.15) is 0 Å². The van der Waals surface area contributed by atoms with E-state index >= 15 is 0 Å². The summed E-state index contributed by atoms with van der Waals surface area (Å²) in [7, 11) is 0. The Morgan fingerprint density at radius 1 is 0.257 bits per heavy atom. The molecule has 0 spiro atoms. The maximum atomic E-state index is 12.8. The van der Waals surface area contributed by atoms with E-state index in [-0.39, 0.29) is 31.1 Å². The summed E-state index contributed by atoms with van der Waals surface area (Å²) < 4.78 is 16.9. The number of unbranched alkanes of at least 4 members (excludes halogenated alkanes) is 50. The summed E-state index contributed by atoms with van der Waals surface area (Å²) in [6.45, 7) is 6.68. The monoisotopic (exact) mass is 1040 g/mol. The van der Waals surface area contributed by atoms with Gasteiger partial charge in [-0.1, -0.05) is 335 Å². The van der Waals surface area contributed by atoms with Crippen molar-refractivity contribution >= 4 is 17.9 Å². The van der Waals surface area contributed by atoms with Crippen molar-refractivity contribution in [1.29, 1.82) is 0 Å². The SMILES string of the molecule is CCCCCCCCCC/C=C\CCCCCCCCCCCCCCCCCCCCCCCCCC(=O)OCC(COC(=O)CCCCCCCCCCC)OC(=O)CCCCCCCCCCCCCC. The van der Waals surface area contributed by atoms with Gasteiger partial charge < -0.3 is 14.2 Å². The first-order valence-corrected chi connectivity index (χ1v) is 33.7. The number of rotatable bonds is 63. The summed E-state index contributed by atoms with van der Waals surface area (Å²) >= 11 is 0. The third-order valence-electron chi connectivity index (χ3n) is 15.5. The predicted molar refractivity (Wildman–Crippen MR) is 321 cm³/mol. The normalized spacial score (nSPS) is 12.0. The molecule has 6 heteroatoms. The number of carbonyl (C=O) groups excluding carboxylic acids is 3. The molecule has 6 nitrogen and oxygen atoms in total. The Hall–Kier alpha value is -1.85. The number of allylic oxidation sites excluding steroid dienone is 2. The molecule has 0 aromatic rings. The van der Waals surface area contributed by atoms with Crippen LogP contribution in [-0.2, 0) is 28.6 Å². The first-order chi connectivity index (χ1) is 36.5. The molecule has 0 aromatic heterocycles. The summed E-state index contributed by atoms with van der Waals surface area (Å²) in [4.78, 5) is 38.1. The molecule has 74 heavy (non-hydrogen) atoms. The minimum Gasteiger partial charge on any atom is -0.462 e. The van der Waals surface area contributed by atoms with Crippen molar-refractivity contribution in [1.82, 2.24) is 0 Å². The summed E-state index contributed by atoms with van der Waals surface area (Å²) in [5, 5.41) is 0.